The van der Waals surface area contributed by atoms with Crippen molar-refractivity contribution in [1.29, 1.82) is 0 Å². The van der Waals surface area contributed by atoms with Crippen molar-refractivity contribution in [2.24, 2.45) is 0 Å². The van der Waals surface area contributed by atoms with Gasteiger partial charge in [-0.2, -0.15) is 15.0 Å². The Bertz CT molecular complexity index is 4110. The molecule has 0 saturated heterocycles. The molecule has 0 bridgehead atoms. The molecule has 55 heavy (non-hydrogen) atoms. The summed E-state index contributed by atoms with van der Waals surface area (Å²) in [6, 6.07) is -3.60. The third-order valence-corrected chi connectivity index (χ3v) is 11.5. The van der Waals surface area contributed by atoms with Crippen LogP contribution in [0.3, 0.4) is 0 Å². The van der Waals surface area contributed by atoms with Crippen molar-refractivity contribution in [3.63, 3.8) is 0 Å². The summed E-state index contributed by atoms with van der Waals surface area (Å²) >= 11 is 0. The van der Waals surface area contributed by atoms with Gasteiger partial charge in [-0.3, -0.25) is 4.57 Å². The van der Waals surface area contributed by atoms with Gasteiger partial charge in [-0.1, -0.05) is 110 Å². The fourth-order valence-electron chi connectivity index (χ4n) is 8.78. The van der Waals surface area contributed by atoms with E-state index in [-0.39, 0.29) is 49.6 Å². The smallest absolute Gasteiger partial charge is 0.240 e. The number of hydrogen-bond donors (Lipinski definition) is 0. The molecule has 0 radical (unpaired) electrons. The number of para-hydroxylation sites is 5. The first-order valence-corrected chi connectivity index (χ1v) is 17.7. The Morgan fingerprint density at radius 3 is 2.11 bits per heavy atom. The maximum Gasteiger partial charge on any atom is 0.240 e. The van der Waals surface area contributed by atoms with Crippen LogP contribution in [0.5, 0.6) is 0 Å². The summed E-state index contributed by atoms with van der Waals surface area (Å²) < 4.78 is 165. The van der Waals surface area contributed by atoms with Crippen molar-refractivity contribution >= 4 is 60.9 Å². The standard InChI is InChI=1S/C48H37N7/c1-47-28-14-15-29-48(47,2)55(43-25-13-8-20-37(43)47)46-51-44(50-45(52-46)54-40-23-11-6-18-34(40)36-30-31(49-3)26-27-42(36)54)35-19-7-12-24-41(35)53-38-21-9-4-16-32(38)33-17-5-10-22-39(33)53/h4-13,16-27,30H,14-15,28-29H2,1-2H3/i4D,5D,6D,7D,9D,10D,11D,12D,16D,18D,19D,21D,22D,23D,24D,26D,27D,30D. The van der Waals surface area contributed by atoms with Crippen molar-refractivity contribution in [3.05, 3.63) is 156 Å². The molecule has 1 saturated carbocycles. The molecule has 0 amide bonds. The molecule has 2 aliphatic rings. The quantitative estimate of drug-likeness (QED) is 0.169. The van der Waals surface area contributed by atoms with Crippen molar-refractivity contribution in [1.82, 2.24) is 24.1 Å². The van der Waals surface area contributed by atoms with Crippen LogP contribution >= 0.6 is 0 Å². The first-order valence-electron chi connectivity index (χ1n) is 26.7. The summed E-state index contributed by atoms with van der Waals surface area (Å²) in [5, 5.41) is -0.897. The molecule has 0 N–H and O–H groups in total. The van der Waals surface area contributed by atoms with Gasteiger partial charge >= 0.3 is 0 Å². The van der Waals surface area contributed by atoms with Gasteiger partial charge in [-0.25, -0.2) is 4.85 Å². The van der Waals surface area contributed by atoms with Crippen LogP contribution in [0.15, 0.2) is 139 Å². The molecular weight excluding hydrogens is 675 g/mol. The van der Waals surface area contributed by atoms with E-state index < -0.39 is 148 Å². The Hall–Kier alpha value is -6.78. The number of hydrogen-bond acceptors (Lipinski definition) is 4. The maximum absolute atomic E-state index is 9.70. The first kappa shape index (κ1) is 18.5. The van der Waals surface area contributed by atoms with Crippen LogP contribution in [0.25, 0.3) is 71.5 Å². The Labute approximate surface area is 344 Å². The number of aromatic nitrogens is 5. The van der Waals surface area contributed by atoms with Gasteiger partial charge < -0.3 is 9.47 Å². The predicted molar refractivity (Wildman–Crippen MR) is 223 cm³/mol. The summed E-state index contributed by atoms with van der Waals surface area (Å²) in [6.45, 7) is 12.0. The van der Waals surface area contributed by atoms with Crippen LogP contribution in [0.4, 0.5) is 17.3 Å². The largest absolute Gasteiger partial charge is 0.309 e. The highest BCUT2D eigenvalue weighted by atomic mass is 15.4. The van der Waals surface area contributed by atoms with Gasteiger partial charge in [0.05, 0.1) is 61.8 Å². The Balaban J connectivity index is 1.39. The Kier molecular flexibility index (Phi) is 3.91. The molecule has 9 aromatic rings. The summed E-state index contributed by atoms with van der Waals surface area (Å²) in [7, 11) is 0. The van der Waals surface area contributed by atoms with E-state index in [4.69, 9.17) is 36.6 Å². The number of rotatable bonds is 4. The lowest BCUT2D eigenvalue weighted by atomic mass is 9.61. The molecule has 4 heterocycles. The van der Waals surface area contributed by atoms with E-state index in [1.54, 1.807) is 0 Å². The van der Waals surface area contributed by atoms with Crippen molar-refractivity contribution in [2.75, 3.05) is 4.90 Å². The maximum atomic E-state index is 9.70. The van der Waals surface area contributed by atoms with Crippen LogP contribution in [0.1, 0.15) is 69.8 Å². The molecule has 11 rings (SSSR count). The number of anilines is 2. The van der Waals surface area contributed by atoms with Gasteiger partial charge in [-0.05, 0) is 79.1 Å². The summed E-state index contributed by atoms with van der Waals surface area (Å²) in [5.41, 5.74) is -2.76. The third-order valence-electron chi connectivity index (χ3n) is 11.5. The summed E-state index contributed by atoms with van der Waals surface area (Å²) in [4.78, 5) is 20.2. The third kappa shape index (κ3) is 4.34. The number of benzene rings is 6. The molecule has 1 fully saturated rings. The van der Waals surface area contributed by atoms with E-state index in [0.717, 1.165) is 40.0 Å². The van der Waals surface area contributed by atoms with E-state index in [0.29, 0.717) is 12.1 Å². The highest BCUT2D eigenvalue weighted by Crippen LogP contribution is 2.60. The fourth-order valence-corrected chi connectivity index (χ4v) is 8.78. The van der Waals surface area contributed by atoms with Crippen molar-refractivity contribution in [2.45, 2.75) is 50.5 Å². The van der Waals surface area contributed by atoms with Gasteiger partial charge in [0.2, 0.25) is 11.9 Å². The molecule has 2 atom stereocenters. The second kappa shape index (κ2) is 11.6. The van der Waals surface area contributed by atoms with Gasteiger partial charge in [0.15, 0.2) is 11.5 Å². The van der Waals surface area contributed by atoms with Gasteiger partial charge in [0.1, 0.15) is 0 Å². The first-order chi connectivity index (χ1) is 34.5. The van der Waals surface area contributed by atoms with E-state index >= 15 is 0 Å². The van der Waals surface area contributed by atoms with Gasteiger partial charge in [0, 0.05) is 35.6 Å². The molecule has 1 aliphatic carbocycles. The molecule has 7 nitrogen and oxygen atoms in total. The summed E-state index contributed by atoms with van der Waals surface area (Å²) in [6.07, 6.45) is 2.98. The van der Waals surface area contributed by atoms with Crippen LogP contribution < -0.4 is 4.90 Å². The average Bonchev–Trinajstić information content (AvgIpc) is 3.98. The fraction of sp³-hybridized carbons (Fsp3) is 0.167. The Morgan fingerprint density at radius 1 is 0.618 bits per heavy atom. The van der Waals surface area contributed by atoms with Crippen LogP contribution in [0.2, 0.25) is 0 Å². The highest BCUT2D eigenvalue weighted by Gasteiger charge is 2.58. The minimum atomic E-state index is -0.823. The van der Waals surface area contributed by atoms with E-state index in [9.17, 15) is 9.60 Å². The minimum absolute atomic E-state index is 0.0971. The average molecular weight is 730 g/mol. The van der Waals surface area contributed by atoms with Crippen LogP contribution in [-0.2, 0) is 5.41 Å². The molecule has 3 aromatic heterocycles. The number of nitrogens with zero attached hydrogens (tertiary/aromatic N) is 7. The molecule has 6 aromatic carbocycles. The molecule has 7 heteroatoms. The lowest BCUT2D eigenvalue weighted by molar-refractivity contribution is 0.193. The SMILES string of the molecule is [2H]c1cc2c3c([2H])c([2H])c([2H])c([2H])c3n(-c3c([2H])c([2H])c([2H])c([2H])c3-c3nc(N4c5ccccc5C5(C)CCCCC45C)nc(-n4c5c([2H])c([2H])c([2H])c([2H])c5c5c([2H])c([N+]#[C-])c([2H])c([2H])c54)n3)c2c([2H])c1[2H]. The molecular formula is C48H37N7. The summed E-state index contributed by atoms with van der Waals surface area (Å²) in [5.74, 6) is -1.18. The predicted octanol–water partition coefficient (Wildman–Crippen LogP) is 12.0. The zero-order valence-electron chi connectivity index (χ0n) is 47.3. The van der Waals surface area contributed by atoms with E-state index in [1.807, 2.05) is 36.1 Å². The lowest BCUT2D eigenvalue weighted by Crippen LogP contribution is -2.55. The van der Waals surface area contributed by atoms with E-state index in [2.05, 4.69) is 11.8 Å². The monoisotopic (exact) mass is 729 g/mol. The normalized spacial score (nSPS) is 23.8. The zero-order chi connectivity index (χ0) is 52.6. The van der Waals surface area contributed by atoms with Gasteiger partial charge in [0.25, 0.3) is 0 Å². The molecule has 0 spiro atoms. The molecule has 264 valence electrons. The minimum Gasteiger partial charge on any atom is -0.309 e. The Morgan fingerprint density at radius 2 is 1.27 bits per heavy atom. The molecule has 1 aliphatic heterocycles. The van der Waals surface area contributed by atoms with Crippen LogP contribution in [0, 0.1) is 6.57 Å². The van der Waals surface area contributed by atoms with Crippen LogP contribution in [-0.4, -0.2) is 29.6 Å². The zero-order valence-corrected chi connectivity index (χ0v) is 29.3. The van der Waals surface area contributed by atoms with Crippen molar-refractivity contribution in [3.8, 4) is 23.0 Å². The number of fused-ring (bicyclic) bond motifs is 9. The van der Waals surface area contributed by atoms with Gasteiger partial charge in [-0.15, -0.1) is 0 Å². The lowest BCUT2D eigenvalue weighted by Gasteiger charge is -2.49. The molecule has 2 unspecified atom stereocenters. The van der Waals surface area contributed by atoms with E-state index in [1.165, 1.54) is 0 Å². The van der Waals surface area contributed by atoms with Crippen molar-refractivity contribution < 1.29 is 24.7 Å². The second-order valence-corrected chi connectivity index (χ2v) is 14.1. The highest BCUT2D eigenvalue weighted by molar-refractivity contribution is 6.11. The second-order valence-electron chi connectivity index (χ2n) is 14.1. The topological polar surface area (TPSA) is 56.1 Å².